The van der Waals surface area contributed by atoms with Crippen LogP contribution in [0.5, 0.6) is 0 Å². The van der Waals surface area contributed by atoms with Gasteiger partial charge in [0.2, 0.25) is 0 Å². The lowest BCUT2D eigenvalue weighted by Crippen LogP contribution is -2.23. The maximum Gasteiger partial charge on any atom is 0.273 e. The van der Waals surface area contributed by atoms with Crippen LogP contribution in [0, 0.1) is 0 Å². The molecule has 4 aromatic rings. The van der Waals surface area contributed by atoms with Gasteiger partial charge in [-0.15, -0.1) is 22.7 Å². The van der Waals surface area contributed by atoms with Gasteiger partial charge in [0.25, 0.3) is 5.91 Å². The van der Waals surface area contributed by atoms with Crippen molar-refractivity contribution < 1.29 is 9.32 Å². The highest BCUT2D eigenvalue weighted by Crippen LogP contribution is 2.25. The van der Waals surface area contributed by atoms with Gasteiger partial charge >= 0.3 is 0 Å². The Morgan fingerprint density at radius 3 is 2.64 bits per heavy atom. The maximum atomic E-state index is 12.3. The molecule has 0 spiro atoms. The van der Waals surface area contributed by atoms with E-state index in [2.05, 4.69) is 15.5 Å². The minimum atomic E-state index is -0.263. The lowest BCUT2D eigenvalue weighted by atomic mass is 10.2. The van der Waals surface area contributed by atoms with Crippen LogP contribution >= 0.6 is 22.7 Å². The summed E-state index contributed by atoms with van der Waals surface area (Å²) in [5.41, 5.74) is 2.16. The van der Waals surface area contributed by atoms with Crippen molar-refractivity contribution in [2.45, 2.75) is 6.54 Å². The molecule has 7 heteroatoms. The van der Waals surface area contributed by atoms with Crippen LogP contribution in [0.2, 0.25) is 0 Å². The Hall–Kier alpha value is -2.77. The molecule has 0 fully saturated rings. The number of amides is 1. The van der Waals surface area contributed by atoms with Crippen LogP contribution < -0.4 is 5.32 Å². The van der Waals surface area contributed by atoms with Crippen LogP contribution in [0.3, 0.4) is 0 Å². The number of hydrogen-bond donors (Lipinski definition) is 1. The molecule has 5 nitrogen and oxygen atoms in total. The van der Waals surface area contributed by atoms with Crippen molar-refractivity contribution >= 4 is 28.6 Å². The predicted octanol–water partition coefficient (Wildman–Crippen LogP) is 4.46. The number of thiophene rings is 2. The van der Waals surface area contributed by atoms with Gasteiger partial charge in [-0.3, -0.25) is 9.78 Å². The molecule has 124 valence electrons. The fourth-order valence-electron chi connectivity index (χ4n) is 2.33. The molecule has 0 radical (unpaired) electrons. The van der Waals surface area contributed by atoms with Gasteiger partial charge in [0.05, 0.1) is 15.4 Å². The summed E-state index contributed by atoms with van der Waals surface area (Å²) in [7, 11) is 0. The van der Waals surface area contributed by atoms with E-state index >= 15 is 0 Å². The summed E-state index contributed by atoms with van der Waals surface area (Å²) in [5.74, 6) is 0.338. The molecule has 4 aromatic heterocycles. The number of carbonyl (C=O) groups is 1. The Morgan fingerprint density at radius 1 is 1.08 bits per heavy atom. The molecular formula is C18H13N3O2S2. The fraction of sp³-hybridized carbons (Fsp3) is 0.0556. The van der Waals surface area contributed by atoms with Crippen molar-refractivity contribution in [3.63, 3.8) is 0 Å². The van der Waals surface area contributed by atoms with Crippen LogP contribution in [-0.4, -0.2) is 16.0 Å². The van der Waals surface area contributed by atoms with Crippen molar-refractivity contribution in [3.05, 3.63) is 70.7 Å². The molecule has 4 heterocycles. The zero-order chi connectivity index (χ0) is 17.1. The maximum absolute atomic E-state index is 12.3. The first kappa shape index (κ1) is 15.7. The van der Waals surface area contributed by atoms with E-state index in [-0.39, 0.29) is 11.6 Å². The van der Waals surface area contributed by atoms with Crippen LogP contribution in [0.25, 0.3) is 21.2 Å². The summed E-state index contributed by atoms with van der Waals surface area (Å²) in [6, 6.07) is 13.4. The second-order valence-corrected chi connectivity index (χ2v) is 7.16. The van der Waals surface area contributed by atoms with E-state index in [0.29, 0.717) is 12.3 Å². The molecule has 0 bridgehead atoms. The Balaban J connectivity index is 1.43. The van der Waals surface area contributed by atoms with Gasteiger partial charge in [0, 0.05) is 18.8 Å². The number of pyridine rings is 1. The van der Waals surface area contributed by atoms with Crippen molar-refractivity contribution in [2.24, 2.45) is 0 Å². The third-order valence-corrected chi connectivity index (χ3v) is 5.33. The molecule has 0 aliphatic carbocycles. The van der Waals surface area contributed by atoms with Crippen LogP contribution in [0.1, 0.15) is 16.1 Å². The first-order chi connectivity index (χ1) is 12.3. The van der Waals surface area contributed by atoms with E-state index in [9.17, 15) is 4.79 Å². The Bertz CT molecular complexity index is 976. The number of carbonyl (C=O) groups excluding carboxylic acids is 1. The average molecular weight is 367 g/mol. The smallest absolute Gasteiger partial charge is 0.273 e. The summed E-state index contributed by atoms with van der Waals surface area (Å²) in [5, 5.41) is 10.7. The van der Waals surface area contributed by atoms with Gasteiger partial charge in [-0.05, 0) is 40.6 Å². The minimum Gasteiger partial charge on any atom is -0.355 e. The van der Waals surface area contributed by atoms with Crippen molar-refractivity contribution in [2.75, 3.05) is 0 Å². The van der Waals surface area contributed by atoms with Gasteiger partial charge < -0.3 is 9.84 Å². The Morgan fingerprint density at radius 2 is 1.88 bits per heavy atom. The summed E-state index contributed by atoms with van der Waals surface area (Å²) >= 11 is 3.18. The molecular weight excluding hydrogens is 354 g/mol. The molecule has 0 saturated carbocycles. The number of nitrogens with one attached hydrogen (secondary N) is 1. The summed E-state index contributed by atoms with van der Waals surface area (Å²) in [4.78, 5) is 18.7. The van der Waals surface area contributed by atoms with Crippen molar-refractivity contribution in [1.82, 2.24) is 15.5 Å². The third-order valence-electron chi connectivity index (χ3n) is 3.56. The zero-order valence-electron chi connectivity index (χ0n) is 13.0. The number of rotatable bonds is 5. The highest BCUT2D eigenvalue weighted by atomic mass is 32.1. The molecule has 1 N–H and O–H groups in total. The predicted molar refractivity (Wildman–Crippen MR) is 98.5 cm³/mol. The lowest BCUT2D eigenvalue weighted by molar-refractivity contribution is 0.0942. The first-order valence-corrected chi connectivity index (χ1v) is 9.33. The largest absolute Gasteiger partial charge is 0.355 e. The van der Waals surface area contributed by atoms with Crippen molar-refractivity contribution in [1.29, 1.82) is 0 Å². The van der Waals surface area contributed by atoms with E-state index < -0.39 is 0 Å². The molecule has 4 rings (SSSR count). The quantitative estimate of drug-likeness (QED) is 0.566. The van der Waals surface area contributed by atoms with Gasteiger partial charge in [0.15, 0.2) is 11.5 Å². The van der Waals surface area contributed by atoms with Gasteiger partial charge in [-0.1, -0.05) is 17.3 Å². The van der Waals surface area contributed by atoms with Gasteiger partial charge in [-0.2, -0.15) is 0 Å². The highest BCUT2D eigenvalue weighted by Gasteiger charge is 2.14. The van der Waals surface area contributed by atoms with E-state index in [1.165, 1.54) is 0 Å². The molecule has 0 atom stereocenters. The number of aromatic nitrogens is 2. The summed E-state index contributed by atoms with van der Waals surface area (Å²) < 4.78 is 5.24. The first-order valence-electron chi connectivity index (χ1n) is 7.57. The molecule has 0 aliphatic rings. The second kappa shape index (κ2) is 7.00. The molecule has 0 aliphatic heterocycles. The van der Waals surface area contributed by atoms with E-state index in [0.717, 1.165) is 21.0 Å². The molecule has 0 aromatic carbocycles. The molecule has 0 saturated heterocycles. The lowest BCUT2D eigenvalue weighted by Gasteiger charge is -2.04. The van der Waals surface area contributed by atoms with Crippen LogP contribution in [-0.2, 0) is 6.54 Å². The monoisotopic (exact) mass is 367 g/mol. The SMILES string of the molecule is O=C(NCc1ccnc(-c2cccs2)c1)c1cc(-c2cccs2)on1. The normalized spacial score (nSPS) is 10.7. The third kappa shape index (κ3) is 3.52. The van der Waals surface area contributed by atoms with E-state index in [1.807, 2.05) is 47.2 Å². The van der Waals surface area contributed by atoms with E-state index in [4.69, 9.17) is 4.52 Å². The van der Waals surface area contributed by atoms with Gasteiger partial charge in [-0.25, -0.2) is 0 Å². The standard InChI is InChI=1S/C18H13N3O2S2/c22-18(14-10-15(23-21-14)17-4-2-8-25-17)20-11-12-5-6-19-13(9-12)16-3-1-7-24-16/h1-10H,11H2,(H,20,22). The van der Waals surface area contributed by atoms with Crippen molar-refractivity contribution in [3.8, 4) is 21.2 Å². The summed E-state index contributed by atoms with van der Waals surface area (Å²) in [6.45, 7) is 0.404. The van der Waals surface area contributed by atoms with Crippen LogP contribution in [0.15, 0.2) is 63.9 Å². The summed E-state index contributed by atoms with van der Waals surface area (Å²) in [6.07, 6.45) is 1.75. The Kier molecular flexibility index (Phi) is 4.41. The fourth-order valence-corrected chi connectivity index (χ4v) is 3.70. The molecule has 0 unspecified atom stereocenters. The number of nitrogens with zero attached hydrogens (tertiary/aromatic N) is 2. The molecule has 1 amide bonds. The number of hydrogen-bond acceptors (Lipinski definition) is 6. The van der Waals surface area contributed by atoms with Gasteiger partial charge in [0.1, 0.15) is 0 Å². The average Bonchev–Trinajstić information content (AvgIpc) is 3.41. The zero-order valence-corrected chi connectivity index (χ0v) is 14.6. The topological polar surface area (TPSA) is 68.0 Å². The Labute approximate surface area is 152 Å². The second-order valence-electron chi connectivity index (χ2n) is 5.26. The van der Waals surface area contributed by atoms with E-state index in [1.54, 1.807) is 34.9 Å². The minimum absolute atomic E-state index is 0.263. The van der Waals surface area contributed by atoms with Crippen LogP contribution in [0.4, 0.5) is 0 Å². The highest BCUT2D eigenvalue weighted by molar-refractivity contribution is 7.13. The molecule has 25 heavy (non-hydrogen) atoms.